The van der Waals surface area contributed by atoms with Gasteiger partial charge >= 0.3 is 0 Å². The van der Waals surface area contributed by atoms with Crippen molar-refractivity contribution in [3.05, 3.63) is 0 Å². The van der Waals surface area contributed by atoms with Crippen LogP contribution in [0.4, 0.5) is 0 Å². The number of fused-ring (bicyclic) bond motifs is 6. The topological polar surface area (TPSA) is 9.23 Å². The molecule has 9 rings (SSSR count). The fraction of sp³-hybridized carbons (Fsp3) is 1.00. The zero-order valence-corrected chi connectivity index (χ0v) is 13.9. The second-order valence-corrected chi connectivity index (χ2v) is 11.5. The van der Waals surface area contributed by atoms with Gasteiger partial charge in [0, 0.05) is 12.0 Å². The highest BCUT2D eigenvalue weighted by atomic mass is 16.5. The molecule has 0 radical (unpaired) electrons. The quantitative estimate of drug-likeness (QED) is 0.663. The molecule has 0 aromatic heterocycles. The second-order valence-electron chi connectivity index (χ2n) is 11.5. The summed E-state index contributed by atoms with van der Waals surface area (Å²) in [5.74, 6) is 16.7. The van der Waals surface area contributed by atoms with Gasteiger partial charge in [-0.3, -0.25) is 0 Å². The molecule has 1 aliphatic heterocycles. The molecule has 0 aromatic rings. The van der Waals surface area contributed by atoms with Crippen LogP contribution in [-0.4, -0.2) is 13.2 Å². The summed E-state index contributed by atoms with van der Waals surface area (Å²) in [6.45, 7) is 2.29. The molecule has 12 atom stereocenters. The first-order valence-electron chi connectivity index (χ1n) is 11.0. The van der Waals surface area contributed by atoms with Crippen molar-refractivity contribution in [2.24, 2.45) is 88.3 Å². The van der Waals surface area contributed by atoms with E-state index in [0.717, 1.165) is 30.3 Å². The average Bonchev–Trinajstić information content (AvgIpc) is 3.33. The van der Waals surface area contributed by atoms with Gasteiger partial charge in [-0.2, -0.15) is 0 Å². The van der Waals surface area contributed by atoms with Gasteiger partial charge in [0.25, 0.3) is 0 Å². The zero-order valence-electron chi connectivity index (χ0n) is 13.9. The van der Waals surface area contributed by atoms with Crippen molar-refractivity contribution in [2.75, 3.05) is 13.2 Å². The van der Waals surface area contributed by atoms with Crippen LogP contribution < -0.4 is 0 Å². The molecule has 0 N–H and O–H groups in total. The van der Waals surface area contributed by atoms with E-state index >= 15 is 0 Å². The minimum Gasteiger partial charge on any atom is -0.381 e. The first-order valence-corrected chi connectivity index (χ1v) is 11.0. The Hall–Kier alpha value is -0.0400. The highest BCUT2D eigenvalue weighted by Gasteiger charge is 2.87. The Morgan fingerprint density at radius 3 is 1.65 bits per heavy atom. The smallest absolute Gasteiger partial charge is 0.0529 e. The SMILES string of the molecule is C1CC2(CO1)C1C3CCC4C5C6CCC7C6C6C5C(C43)C1C6C72. The molecule has 1 saturated heterocycles. The van der Waals surface area contributed by atoms with Crippen LogP contribution in [0.25, 0.3) is 0 Å². The van der Waals surface area contributed by atoms with Crippen LogP contribution in [0.2, 0.25) is 0 Å². The highest BCUT2D eigenvalue weighted by Crippen LogP contribution is 2.91. The molecule has 0 amide bonds. The Kier molecular flexibility index (Phi) is 1.55. The summed E-state index contributed by atoms with van der Waals surface area (Å²) in [7, 11) is 0. The summed E-state index contributed by atoms with van der Waals surface area (Å²) in [4.78, 5) is 0. The van der Waals surface area contributed by atoms with Crippen molar-refractivity contribution < 1.29 is 4.74 Å². The van der Waals surface area contributed by atoms with Crippen molar-refractivity contribution >= 4 is 0 Å². The lowest BCUT2D eigenvalue weighted by atomic mass is 9.62. The lowest BCUT2D eigenvalue weighted by Gasteiger charge is -2.41. The Bertz CT molecular complexity index is 600. The molecule has 0 aromatic carbocycles. The maximum atomic E-state index is 6.19. The molecule has 0 bridgehead atoms. The Labute approximate surface area is 138 Å². The lowest BCUT2D eigenvalue weighted by Crippen LogP contribution is -2.40. The third-order valence-electron chi connectivity index (χ3n) is 12.4. The van der Waals surface area contributed by atoms with E-state index in [1.54, 1.807) is 25.7 Å². The zero-order chi connectivity index (χ0) is 14.2. The molecule has 1 heteroatoms. The van der Waals surface area contributed by atoms with Crippen LogP contribution in [0.1, 0.15) is 32.1 Å². The van der Waals surface area contributed by atoms with Crippen LogP contribution in [-0.2, 0) is 4.74 Å². The minimum absolute atomic E-state index is 0.684. The van der Waals surface area contributed by atoms with Gasteiger partial charge in [-0.05, 0) is 115 Å². The molecular weight excluding hydrogens is 280 g/mol. The Morgan fingerprint density at radius 1 is 0.565 bits per heavy atom. The minimum atomic E-state index is 0.684. The van der Waals surface area contributed by atoms with Crippen molar-refractivity contribution in [1.29, 1.82) is 0 Å². The molecule has 9 fully saturated rings. The first kappa shape index (κ1) is 11.6. The highest BCUT2D eigenvalue weighted by molar-refractivity contribution is 5.34. The van der Waals surface area contributed by atoms with E-state index in [-0.39, 0.29) is 0 Å². The molecule has 1 spiro atoms. The van der Waals surface area contributed by atoms with E-state index in [9.17, 15) is 0 Å². The van der Waals surface area contributed by atoms with Crippen LogP contribution in [0, 0.1) is 88.3 Å². The predicted octanol–water partition coefficient (Wildman–Crippen LogP) is 3.69. The summed E-state index contributed by atoms with van der Waals surface area (Å²) in [5.41, 5.74) is 0.684. The van der Waals surface area contributed by atoms with Crippen molar-refractivity contribution in [3.8, 4) is 0 Å². The van der Waals surface area contributed by atoms with Crippen molar-refractivity contribution in [2.45, 2.75) is 32.1 Å². The van der Waals surface area contributed by atoms with Gasteiger partial charge in [-0.25, -0.2) is 0 Å². The molecule has 1 nitrogen and oxygen atoms in total. The fourth-order valence-corrected chi connectivity index (χ4v) is 13.3. The van der Waals surface area contributed by atoms with Crippen LogP contribution in [0.5, 0.6) is 0 Å². The third-order valence-corrected chi connectivity index (χ3v) is 12.4. The van der Waals surface area contributed by atoms with Gasteiger partial charge < -0.3 is 4.74 Å². The summed E-state index contributed by atoms with van der Waals surface area (Å²) < 4.78 is 6.19. The standard InChI is InChI=1S/C22H28O/c1-3-10-13-8(1)12-9-2-4-11-14(9)17-15(12)16(13)18-19(17)21(11)22(20(10)18)5-6-23-7-22/h8-21H,1-7H2. The van der Waals surface area contributed by atoms with Gasteiger partial charge in [0.15, 0.2) is 0 Å². The Balaban J connectivity index is 1.40. The normalized spacial score (nSPS) is 82.4. The molecule has 1 heterocycles. The largest absolute Gasteiger partial charge is 0.381 e. The van der Waals surface area contributed by atoms with Crippen LogP contribution in [0.3, 0.4) is 0 Å². The van der Waals surface area contributed by atoms with E-state index < -0.39 is 0 Å². The third kappa shape index (κ3) is 0.825. The number of rotatable bonds is 0. The maximum absolute atomic E-state index is 6.19. The second kappa shape index (κ2) is 3.08. The monoisotopic (exact) mass is 308 g/mol. The fourth-order valence-electron chi connectivity index (χ4n) is 13.3. The van der Waals surface area contributed by atoms with Gasteiger partial charge in [-0.15, -0.1) is 0 Å². The number of hydrogen-bond donors (Lipinski definition) is 0. The summed E-state index contributed by atoms with van der Waals surface area (Å²) >= 11 is 0. The van der Waals surface area contributed by atoms with E-state index in [1.165, 1.54) is 72.2 Å². The van der Waals surface area contributed by atoms with Crippen molar-refractivity contribution in [3.63, 3.8) is 0 Å². The molecule has 122 valence electrons. The molecule has 12 unspecified atom stereocenters. The lowest BCUT2D eigenvalue weighted by molar-refractivity contribution is 0.0276. The number of ether oxygens (including phenoxy) is 1. The maximum Gasteiger partial charge on any atom is 0.0529 e. The molecule has 9 aliphatic rings. The molecule has 8 aliphatic carbocycles. The molecule has 23 heavy (non-hydrogen) atoms. The van der Waals surface area contributed by atoms with Gasteiger partial charge in [-0.1, -0.05) is 0 Å². The molecule has 8 saturated carbocycles. The average molecular weight is 308 g/mol. The first-order chi connectivity index (χ1) is 11.4. The summed E-state index contributed by atoms with van der Waals surface area (Å²) in [6.07, 6.45) is 8.01. The van der Waals surface area contributed by atoms with Gasteiger partial charge in [0.1, 0.15) is 0 Å². The van der Waals surface area contributed by atoms with E-state index in [4.69, 9.17) is 4.74 Å². The van der Waals surface area contributed by atoms with Crippen LogP contribution in [0.15, 0.2) is 0 Å². The van der Waals surface area contributed by atoms with Gasteiger partial charge in [0.2, 0.25) is 0 Å². The van der Waals surface area contributed by atoms with E-state index in [1.807, 2.05) is 0 Å². The Morgan fingerprint density at radius 2 is 1.09 bits per heavy atom. The number of hydrogen-bond acceptors (Lipinski definition) is 1. The summed E-state index contributed by atoms with van der Waals surface area (Å²) in [6, 6.07) is 0. The van der Waals surface area contributed by atoms with Gasteiger partial charge in [0.05, 0.1) is 6.61 Å². The molecular formula is C22H28O. The van der Waals surface area contributed by atoms with E-state index in [0.29, 0.717) is 5.41 Å². The van der Waals surface area contributed by atoms with Crippen molar-refractivity contribution in [1.82, 2.24) is 0 Å². The predicted molar refractivity (Wildman–Crippen MR) is 85.2 cm³/mol. The van der Waals surface area contributed by atoms with Crippen LogP contribution >= 0.6 is 0 Å². The van der Waals surface area contributed by atoms with E-state index in [2.05, 4.69) is 0 Å². The summed E-state index contributed by atoms with van der Waals surface area (Å²) in [5, 5.41) is 0.